The van der Waals surface area contributed by atoms with Crippen LogP contribution < -0.4 is 9.64 Å². The van der Waals surface area contributed by atoms with E-state index in [0.29, 0.717) is 49.1 Å². The van der Waals surface area contributed by atoms with Crippen molar-refractivity contribution in [2.75, 3.05) is 24.6 Å². The van der Waals surface area contributed by atoms with E-state index in [4.69, 9.17) is 14.7 Å². The number of rotatable bonds is 6. The third-order valence-corrected chi connectivity index (χ3v) is 5.86. The van der Waals surface area contributed by atoms with Gasteiger partial charge in [0.15, 0.2) is 17.4 Å². The predicted octanol–water partition coefficient (Wildman–Crippen LogP) is 3.29. The van der Waals surface area contributed by atoms with Gasteiger partial charge in [-0.1, -0.05) is 0 Å². The first-order valence-electron chi connectivity index (χ1n) is 11.1. The van der Waals surface area contributed by atoms with E-state index in [0.717, 1.165) is 23.1 Å². The SMILES string of the molecule is Cn1cc(-c2nc3cnc(CCO)cc3nc2N2CCC(Oc3ccc(F)cc3F)CC2)cn1. The highest BCUT2D eigenvalue weighted by molar-refractivity contribution is 5.83. The van der Waals surface area contributed by atoms with Crippen LogP contribution in [0, 0.1) is 11.6 Å². The number of piperidine rings is 1. The van der Waals surface area contributed by atoms with E-state index in [1.54, 1.807) is 17.1 Å². The van der Waals surface area contributed by atoms with Gasteiger partial charge in [0, 0.05) is 69.5 Å². The Hall–Kier alpha value is -3.66. The molecule has 176 valence electrons. The summed E-state index contributed by atoms with van der Waals surface area (Å²) in [6.07, 6.45) is 6.87. The average Bonchev–Trinajstić information content (AvgIpc) is 3.27. The molecule has 0 unspecified atom stereocenters. The van der Waals surface area contributed by atoms with E-state index in [2.05, 4.69) is 15.0 Å². The van der Waals surface area contributed by atoms with Crippen molar-refractivity contribution in [1.82, 2.24) is 24.7 Å². The summed E-state index contributed by atoms with van der Waals surface area (Å²) in [5.41, 5.74) is 3.67. The van der Waals surface area contributed by atoms with Crippen LogP contribution in [-0.2, 0) is 13.5 Å². The fourth-order valence-electron chi connectivity index (χ4n) is 4.14. The average molecular weight is 466 g/mol. The summed E-state index contributed by atoms with van der Waals surface area (Å²) in [5, 5.41) is 13.5. The highest BCUT2D eigenvalue weighted by Gasteiger charge is 2.26. The molecular weight excluding hydrogens is 442 g/mol. The van der Waals surface area contributed by atoms with Crippen molar-refractivity contribution < 1.29 is 18.6 Å². The van der Waals surface area contributed by atoms with E-state index in [1.165, 1.54) is 12.1 Å². The lowest BCUT2D eigenvalue weighted by molar-refractivity contribution is 0.163. The number of benzene rings is 1. The van der Waals surface area contributed by atoms with E-state index in [1.807, 2.05) is 19.3 Å². The number of anilines is 1. The molecule has 10 heteroatoms. The number of nitrogens with zero attached hydrogens (tertiary/aromatic N) is 6. The molecule has 0 radical (unpaired) electrons. The first-order valence-corrected chi connectivity index (χ1v) is 11.1. The summed E-state index contributed by atoms with van der Waals surface area (Å²) < 4.78 is 34.7. The molecule has 1 N–H and O–H groups in total. The maximum absolute atomic E-state index is 14.0. The Kier molecular flexibility index (Phi) is 6.06. The molecule has 0 saturated carbocycles. The quantitative estimate of drug-likeness (QED) is 0.466. The number of aliphatic hydroxyl groups is 1. The first kappa shape index (κ1) is 22.1. The maximum Gasteiger partial charge on any atom is 0.167 e. The van der Waals surface area contributed by atoms with Crippen LogP contribution >= 0.6 is 0 Å². The van der Waals surface area contributed by atoms with Gasteiger partial charge < -0.3 is 14.7 Å². The third-order valence-electron chi connectivity index (χ3n) is 5.86. The lowest BCUT2D eigenvalue weighted by Crippen LogP contribution is -2.39. The Balaban J connectivity index is 1.42. The van der Waals surface area contributed by atoms with Crippen LogP contribution in [-0.4, -0.2) is 55.6 Å². The lowest BCUT2D eigenvalue weighted by Gasteiger charge is -2.33. The summed E-state index contributed by atoms with van der Waals surface area (Å²) in [6.45, 7) is 1.28. The molecule has 0 amide bonds. The van der Waals surface area contributed by atoms with E-state index < -0.39 is 11.6 Å². The van der Waals surface area contributed by atoms with Gasteiger partial charge in [-0.3, -0.25) is 9.67 Å². The van der Waals surface area contributed by atoms with E-state index in [-0.39, 0.29) is 18.5 Å². The van der Waals surface area contributed by atoms with Gasteiger partial charge in [-0.15, -0.1) is 0 Å². The van der Waals surface area contributed by atoms with Gasteiger partial charge in [-0.25, -0.2) is 18.7 Å². The fourth-order valence-corrected chi connectivity index (χ4v) is 4.14. The van der Waals surface area contributed by atoms with E-state index in [9.17, 15) is 13.9 Å². The van der Waals surface area contributed by atoms with Crippen LogP contribution in [0.3, 0.4) is 0 Å². The Labute approximate surface area is 194 Å². The summed E-state index contributed by atoms with van der Waals surface area (Å²) >= 11 is 0. The first-order chi connectivity index (χ1) is 16.5. The summed E-state index contributed by atoms with van der Waals surface area (Å²) in [5.74, 6) is -0.540. The van der Waals surface area contributed by atoms with Gasteiger partial charge in [-0.2, -0.15) is 5.10 Å². The van der Waals surface area contributed by atoms with Gasteiger partial charge >= 0.3 is 0 Å². The number of pyridine rings is 1. The zero-order valence-corrected chi connectivity index (χ0v) is 18.7. The summed E-state index contributed by atoms with van der Waals surface area (Å²) in [4.78, 5) is 16.3. The van der Waals surface area contributed by atoms with Crippen LogP contribution in [0.25, 0.3) is 22.3 Å². The highest BCUT2D eigenvalue weighted by Crippen LogP contribution is 2.32. The predicted molar refractivity (Wildman–Crippen MR) is 123 cm³/mol. The van der Waals surface area contributed by atoms with Crippen molar-refractivity contribution in [2.24, 2.45) is 7.05 Å². The molecule has 5 rings (SSSR count). The number of aromatic nitrogens is 5. The minimum atomic E-state index is -0.700. The van der Waals surface area contributed by atoms with Crippen LogP contribution in [0.2, 0.25) is 0 Å². The number of hydrogen-bond donors (Lipinski definition) is 1. The zero-order chi connectivity index (χ0) is 23.7. The molecular formula is C24H24F2N6O2. The molecule has 8 nitrogen and oxygen atoms in total. The highest BCUT2D eigenvalue weighted by atomic mass is 19.1. The molecule has 34 heavy (non-hydrogen) atoms. The van der Waals surface area contributed by atoms with Crippen molar-refractivity contribution in [3.8, 4) is 17.0 Å². The smallest absolute Gasteiger partial charge is 0.167 e. The largest absolute Gasteiger partial charge is 0.487 e. The molecule has 4 aromatic rings. The monoisotopic (exact) mass is 466 g/mol. The molecule has 3 aromatic heterocycles. The van der Waals surface area contributed by atoms with Gasteiger partial charge in [-0.05, 0) is 18.2 Å². The normalized spacial score (nSPS) is 14.6. The number of aryl methyl sites for hydroxylation is 1. The number of fused-ring (bicyclic) bond motifs is 1. The lowest BCUT2D eigenvalue weighted by atomic mass is 10.1. The molecule has 1 fully saturated rings. The second-order valence-corrected chi connectivity index (χ2v) is 8.32. The molecule has 4 heterocycles. The van der Waals surface area contributed by atoms with Gasteiger partial charge in [0.05, 0.1) is 17.9 Å². The molecule has 0 bridgehead atoms. The van der Waals surface area contributed by atoms with Crippen LogP contribution in [0.15, 0.2) is 42.9 Å². The minimum Gasteiger partial charge on any atom is -0.487 e. The Morgan fingerprint density at radius 1 is 1.09 bits per heavy atom. The molecule has 0 aliphatic carbocycles. The second kappa shape index (κ2) is 9.30. The van der Waals surface area contributed by atoms with Gasteiger partial charge in [0.25, 0.3) is 0 Å². The molecule has 1 aromatic carbocycles. The topological polar surface area (TPSA) is 89.2 Å². The van der Waals surface area contributed by atoms with E-state index >= 15 is 0 Å². The third kappa shape index (κ3) is 4.54. The van der Waals surface area contributed by atoms with Crippen LogP contribution in [0.4, 0.5) is 14.6 Å². The number of aliphatic hydroxyl groups excluding tert-OH is 1. The molecule has 1 aliphatic rings. The van der Waals surface area contributed by atoms with Crippen molar-refractivity contribution in [2.45, 2.75) is 25.4 Å². The Bertz CT molecular complexity index is 1320. The number of halogens is 2. The van der Waals surface area contributed by atoms with Crippen LogP contribution in [0.1, 0.15) is 18.5 Å². The standard InChI is InChI=1S/C24H24F2N6O2/c1-31-14-15(12-28-31)23-24(30-20-11-17(6-9-33)27-13-21(20)29-23)32-7-4-18(5-8-32)34-22-3-2-16(25)10-19(22)26/h2-3,10-14,18,33H,4-9H2,1H3. The molecule has 1 aliphatic heterocycles. The van der Waals surface area contributed by atoms with Gasteiger partial charge in [0.1, 0.15) is 23.1 Å². The Morgan fingerprint density at radius 2 is 1.91 bits per heavy atom. The molecule has 0 atom stereocenters. The summed E-state index contributed by atoms with van der Waals surface area (Å²) in [6, 6.07) is 5.19. The fraction of sp³-hybridized carbons (Fsp3) is 0.333. The maximum atomic E-state index is 14.0. The van der Waals surface area contributed by atoms with Crippen molar-refractivity contribution >= 4 is 16.9 Å². The number of hydrogen-bond acceptors (Lipinski definition) is 7. The Morgan fingerprint density at radius 3 is 2.62 bits per heavy atom. The van der Waals surface area contributed by atoms with Gasteiger partial charge in [0.2, 0.25) is 0 Å². The second-order valence-electron chi connectivity index (χ2n) is 8.32. The summed E-state index contributed by atoms with van der Waals surface area (Å²) in [7, 11) is 1.85. The zero-order valence-electron chi connectivity index (χ0n) is 18.7. The van der Waals surface area contributed by atoms with Crippen molar-refractivity contribution in [1.29, 1.82) is 0 Å². The molecule has 1 saturated heterocycles. The minimum absolute atomic E-state index is 0.00865. The van der Waals surface area contributed by atoms with Crippen LogP contribution in [0.5, 0.6) is 5.75 Å². The van der Waals surface area contributed by atoms with Crippen molar-refractivity contribution in [3.05, 3.63) is 60.2 Å². The molecule has 0 spiro atoms. The number of ether oxygens (including phenoxy) is 1. The van der Waals surface area contributed by atoms with Crippen molar-refractivity contribution in [3.63, 3.8) is 0 Å².